The number of alkyl halides is 2. The topological polar surface area (TPSA) is 52.6 Å². The van der Waals surface area contributed by atoms with Gasteiger partial charge >= 0.3 is 12.5 Å². The first-order valence-electron chi connectivity index (χ1n) is 5.24. The van der Waals surface area contributed by atoms with Crippen molar-refractivity contribution >= 4 is 36.3 Å². The van der Waals surface area contributed by atoms with Crippen LogP contribution in [0.2, 0.25) is 0 Å². The van der Waals surface area contributed by atoms with Crippen molar-refractivity contribution in [2.45, 2.75) is 18.7 Å². The lowest BCUT2D eigenvalue weighted by Gasteiger charge is -2.25. The Hall–Kier alpha value is -0.260. The molecule has 0 aliphatic rings. The molecule has 0 unspecified atom stereocenters. The highest BCUT2D eigenvalue weighted by molar-refractivity contribution is 7.59. The lowest BCUT2D eigenvalue weighted by atomic mass is 10.3. The molecule has 0 spiro atoms. The van der Waals surface area contributed by atoms with Crippen molar-refractivity contribution in [3.8, 4) is 0 Å². The molecule has 0 fully saturated rings. The summed E-state index contributed by atoms with van der Waals surface area (Å²) in [6, 6.07) is 2.96. The van der Waals surface area contributed by atoms with E-state index in [1.165, 1.54) is 19.9 Å². The molecule has 1 aromatic rings. The van der Waals surface area contributed by atoms with Crippen LogP contribution in [0.25, 0.3) is 0 Å². The number of thiophene rings is 1. The van der Waals surface area contributed by atoms with Crippen LogP contribution in [-0.2, 0) is 13.6 Å². The normalized spacial score (nSPS) is 15.3. The largest absolute Gasteiger partial charge is 0.391 e. The van der Waals surface area contributed by atoms with Gasteiger partial charge in [0.15, 0.2) is 0 Å². The standard InChI is InChI=1S/C10H13ClFO4PS/c1-3-15-17(14,16-4-2)10(11,12)9(13)8-6-5-7-18-8/h5-7H,3-4H2,1-2H3/t10-/m0/s1. The molecule has 0 amide bonds. The summed E-state index contributed by atoms with van der Waals surface area (Å²) < 4.78 is 36.1. The molecule has 1 aromatic heterocycles. The summed E-state index contributed by atoms with van der Waals surface area (Å²) in [6.45, 7) is 2.86. The Balaban J connectivity index is 3.09. The number of carbonyl (C=O) groups excluding carboxylic acids is 1. The summed E-state index contributed by atoms with van der Waals surface area (Å²) in [5.41, 5.74) is 0. The van der Waals surface area contributed by atoms with E-state index in [4.69, 9.17) is 20.6 Å². The zero-order chi connectivity index (χ0) is 13.8. The first kappa shape index (κ1) is 15.8. The number of hydrogen-bond acceptors (Lipinski definition) is 5. The maximum absolute atomic E-state index is 14.4. The average Bonchev–Trinajstić information content (AvgIpc) is 2.81. The fourth-order valence-electron chi connectivity index (χ4n) is 1.22. The lowest BCUT2D eigenvalue weighted by molar-refractivity contribution is 0.0858. The summed E-state index contributed by atoms with van der Waals surface area (Å²) in [5.74, 6) is -1.11. The third-order valence-corrected chi connectivity index (χ3v) is 5.71. The van der Waals surface area contributed by atoms with Crippen LogP contribution in [0.5, 0.6) is 0 Å². The van der Waals surface area contributed by atoms with E-state index in [9.17, 15) is 13.8 Å². The highest BCUT2D eigenvalue weighted by atomic mass is 35.5. The summed E-state index contributed by atoms with van der Waals surface area (Å²) >= 11 is 6.52. The Bertz CT molecular complexity index is 439. The van der Waals surface area contributed by atoms with Crippen molar-refractivity contribution in [2.75, 3.05) is 13.2 Å². The van der Waals surface area contributed by atoms with Gasteiger partial charge in [-0.1, -0.05) is 17.7 Å². The molecule has 102 valence electrons. The molecule has 0 saturated heterocycles. The van der Waals surface area contributed by atoms with Gasteiger partial charge in [0.05, 0.1) is 18.1 Å². The number of rotatable bonds is 7. The second kappa shape index (κ2) is 6.26. The van der Waals surface area contributed by atoms with Crippen molar-refractivity contribution in [1.82, 2.24) is 0 Å². The van der Waals surface area contributed by atoms with Gasteiger partial charge in [-0.05, 0) is 25.3 Å². The van der Waals surface area contributed by atoms with Gasteiger partial charge in [0.2, 0.25) is 5.78 Å². The molecule has 1 atom stereocenters. The zero-order valence-corrected chi connectivity index (χ0v) is 12.4. The number of halogens is 2. The predicted molar refractivity (Wildman–Crippen MR) is 69.2 cm³/mol. The van der Waals surface area contributed by atoms with Gasteiger partial charge in [-0.15, -0.1) is 11.3 Å². The smallest absolute Gasteiger partial charge is 0.305 e. The predicted octanol–water partition coefficient (Wildman–Crippen LogP) is 4.06. The van der Waals surface area contributed by atoms with Gasteiger partial charge in [-0.2, -0.15) is 0 Å². The molecule has 0 aliphatic carbocycles. The lowest BCUT2D eigenvalue weighted by Crippen LogP contribution is -2.29. The zero-order valence-electron chi connectivity index (χ0n) is 9.89. The quantitative estimate of drug-likeness (QED) is 0.432. The molecular weight excluding hydrogens is 302 g/mol. The maximum atomic E-state index is 14.4. The molecule has 0 aliphatic heterocycles. The second-order valence-corrected chi connectivity index (χ2v) is 7.04. The number of hydrogen-bond donors (Lipinski definition) is 0. The first-order valence-corrected chi connectivity index (χ1v) is 8.04. The Morgan fingerprint density at radius 3 is 2.44 bits per heavy atom. The Labute approximate surface area is 114 Å². The van der Waals surface area contributed by atoms with Crippen LogP contribution >= 0.6 is 30.5 Å². The molecule has 0 aromatic carbocycles. The Morgan fingerprint density at radius 1 is 1.50 bits per heavy atom. The summed E-state index contributed by atoms with van der Waals surface area (Å²) in [6.07, 6.45) is 0. The van der Waals surface area contributed by atoms with E-state index in [-0.39, 0.29) is 18.1 Å². The van der Waals surface area contributed by atoms with E-state index >= 15 is 0 Å². The fourth-order valence-corrected chi connectivity index (χ4v) is 3.90. The van der Waals surface area contributed by atoms with Crippen LogP contribution in [-0.4, -0.2) is 23.9 Å². The molecule has 1 rings (SSSR count). The number of ketones is 1. The van der Waals surface area contributed by atoms with Crippen molar-refractivity contribution in [1.29, 1.82) is 0 Å². The molecule has 4 nitrogen and oxygen atoms in total. The molecule has 0 N–H and O–H groups in total. The number of Topliss-reactive ketones (excluding diaryl/α,β-unsaturated/α-hetero) is 1. The van der Waals surface area contributed by atoms with Crippen molar-refractivity contribution in [3.05, 3.63) is 22.4 Å². The van der Waals surface area contributed by atoms with Crippen molar-refractivity contribution in [2.24, 2.45) is 0 Å². The van der Waals surface area contributed by atoms with Crippen molar-refractivity contribution in [3.63, 3.8) is 0 Å². The van der Waals surface area contributed by atoms with Crippen LogP contribution in [0.3, 0.4) is 0 Å². The SMILES string of the molecule is CCOP(=O)(OCC)[C@](F)(Cl)C(=O)c1cccs1. The summed E-state index contributed by atoms with van der Waals surface area (Å²) in [4.78, 5) is 8.75. The first-order chi connectivity index (χ1) is 8.39. The van der Waals surface area contributed by atoms with Crippen LogP contribution in [0.1, 0.15) is 23.5 Å². The van der Waals surface area contributed by atoms with E-state index in [0.717, 1.165) is 11.3 Å². The van der Waals surface area contributed by atoms with Crippen LogP contribution < -0.4 is 0 Å². The van der Waals surface area contributed by atoms with E-state index in [2.05, 4.69) is 0 Å². The van der Waals surface area contributed by atoms with E-state index in [0.29, 0.717) is 0 Å². The third-order valence-electron chi connectivity index (χ3n) is 1.96. The van der Waals surface area contributed by atoms with Crippen LogP contribution in [0.15, 0.2) is 17.5 Å². The van der Waals surface area contributed by atoms with Gasteiger partial charge in [-0.3, -0.25) is 9.36 Å². The number of carbonyl (C=O) groups is 1. The Morgan fingerprint density at radius 2 is 2.06 bits per heavy atom. The monoisotopic (exact) mass is 314 g/mol. The molecule has 0 saturated carbocycles. The van der Waals surface area contributed by atoms with E-state index in [1.54, 1.807) is 11.4 Å². The molecule has 18 heavy (non-hydrogen) atoms. The second-order valence-electron chi connectivity index (χ2n) is 3.18. The minimum absolute atomic E-state index is 0.0622. The average molecular weight is 315 g/mol. The molecular formula is C10H13ClFO4PS. The van der Waals surface area contributed by atoms with Crippen LogP contribution in [0, 0.1) is 0 Å². The molecule has 8 heteroatoms. The van der Waals surface area contributed by atoms with E-state index in [1.807, 2.05) is 0 Å². The highest BCUT2D eigenvalue weighted by Gasteiger charge is 2.57. The molecule has 0 bridgehead atoms. The minimum Gasteiger partial charge on any atom is -0.305 e. The van der Waals surface area contributed by atoms with Gasteiger partial charge in [0, 0.05) is 0 Å². The molecule has 0 radical (unpaired) electrons. The third kappa shape index (κ3) is 3.00. The van der Waals surface area contributed by atoms with Gasteiger partial charge in [0.25, 0.3) is 0 Å². The maximum Gasteiger partial charge on any atom is 0.391 e. The fraction of sp³-hybridized carbons (Fsp3) is 0.500. The van der Waals surface area contributed by atoms with Gasteiger partial charge in [0.1, 0.15) is 0 Å². The van der Waals surface area contributed by atoms with Gasteiger partial charge in [-0.25, -0.2) is 4.39 Å². The van der Waals surface area contributed by atoms with Crippen LogP contribution in [0.4, 0.5) is 4.39 Å². The van der Waals surface area contributed by atoms with E-state index < -0.39 is 18.2 Å². The van der Waals surface area contributed by atoms with Crippen molar-refractivity contribution < 1.29 is 22.8 Å². The van der Waals surface area contributed by atoms with Gasteiger partial charge < -0.3 is 9.05 Å². The molecule has 1 heterocycles. The minimum atomic E-state index is -4.36. The summed E-state index contributed by atoms with van der Waals surface area (Å²) in [7, 11) is -4.36. The highest BCUT2D eigenvalue weighted by Crippen LogP contribution is 2.64. The Kier molecular flexibility index (Phi) is 5.49. The summed E-state index contributed by atoms with van der Waals surface area (Å²) in [5, 5.41) is 1.59.